The molecule has 0 aliphatic rings. The Hall–Kier alpha value is -2.02. The van der Waals surface area contributed by atoms with Crippen LogP contribution in [-0.4, -0.2) is 9.97 Å². The number of nitrogens with zero attached hydrogens (tertiary/aromatic N) is 1. The van der Waals surface area contributed by atoms with E-state index in [0.717, 1.165) is 10.8 Å². The molecule has 0 bridgehead atoms. The third kappa shape index (κ3) is 2.06. The summed E-state index contributed by atoms with van der Waals surface area (Å²) in [6, 6.07) is 7.07. The monoisotopic (exact) mass is 283 g/mol. The Bertz CT molecular complexity index is 711. The Labute approximate surface area is 109 Å². The van der Waals surface area contributed by atoms with Crippen molar-refractivity contribution < 1.29 is 13.2 Å². The fourth-order valence-electron chi connectivity index (χ4n) is 1.94. The average Bonchev–Trinajstić information content (AvgIpc) is 2.85. The molecule has 3 aromatic rings. The fourth-order valence-corrected chi connectivity index (χ4v) is 2.67. The Kier molecular flexibility index (Phi) is 2.53. The van der Waals surface area contributed by atoms with E-state index < -0.39 is 11.7 Å². The van der Waals surface area contributed by atoms with Gasteiger partial charge in [-0.1, -0.05) is 29.5 Å². The number of nitrogens with two attached hydrogens (primary N) is 1. The molecule has 0 radical (unpaired) electrons. The zero-order valence-electron chi connectivity index (χ0n) is 9.45. The van der Waals surface area contributed by atoms with Crippen LogP contribution in [-0.2, 0) is 6.18 Å². The summed E-state index contributed by atoms with van der Waals surface area (Å²) in [4.78, 5) is 6.88. The van der Waals surface area contributed by atoms with Crippen molar-refractivity contribution in [1.29, 1.82) is 0 Å². The maximum absolute atomic E-state index is 12.9. The summed E-state index contributed by atoms with van der Waals surface area (Å²) in [6.45, 7) is 0. The van der Waals surface area contributed by atoms with E-state index in [4.69, 9.17) is 5.73 Å². The first-order valence-electron chi connectivity index (χ1n) is 5.37. The molecule has 0 spiro atoms. The van der Waals surface area contributed by atoms with Crippen LogP contribution in [0.3, 0.4) is 0 Å². The number of rotatable bonds is 1. The van der Waals surface area contributed by atoms with Gasteiger partial charge in [-0.2, -0.15) is 13.2 Å². The zero-order chi connectivity index (χ0) is 13.6. The van der Waals surface area contributed by atoms with E-state index in [1.165, 1.54) is 23.5 Å². The van der Waals surface area contributed by atoms with Gasteiger partial charge in [0.2, 0.25) is 0 Å². The predicted octanol–water partition coefficient (Wildman–Crippen LogP) is 3.89. The van der Waals surface area contributed by atoms with Crippen molar-refractivity contribution in [3.63, 3.8) is 0 Å². The second-order valence-corrected chi connectivity index (χ2v) is 5.05. The van der Waals surface area contributed by atoms with E-state index in [2.05, 4.69) is 9.97 Å². The molecule has 3 N–H and O–H groups in total. The van der Waals surface area contributed by atoms with E-state index in [9.17, 15) is 13.2 Å². The molecule has 2 aromatic heterocycles. The van der Waals surface area contributed by atoms with Gasteiger partial charge in [0.25, 0.3) is 0 Å². The van der Waals surface area contributed by atoms with E-state index >= 15 is 0 Å². The average molecular weight is 283 g/mol. The van der Waals surface area contributed by atoms with Gasteiger partial charge in [0.05, 0.1) is 10.3 Å². The summed E-state index contributed by atoms with van der Waals surface area (Å²) in [5.74, 6) is 0. The molecule has 19 heavy (non-hydrogen) atoms. The number of anilines is 1. The SMILES string of the molecule is Nc1nc2[nH]c(-c3ccccc3C(F)(F)F)cc2s1. The van der Waals surface area contributed by atoms with Crippen LogP contribution in [0, 0.1) is 0 Å². The van der Waals surface area contributed by atoms with Gasteiger partial charge in [-0.05, 0) is 12.1 Å². The number of H-pyrrole nitrogens is 1. The normalized spacial score (nSPS) is 12.2. The molecular weight excluding hydrogens is 275 g/mol. The summed E-state index contributed by atoms with van der Waals surface area (Å²) in [5.41, 5.74) is 5.87. The Morgan fingerprint density at radius 1 is 1.21 bits per heavy atom. The van der Waals surface area contributed by atoms with Gasteiger partial charge in [-0.15, -0.1) is 0 Å². The minimum atomic E-state index is -4.39. The number of nitrogens with one attached hydrogen (secondary N) is 1. The van der Waals surface area contributed by atoms with Gasteiger partial charge >= 0.3 is 6.18 Å². The summed E-state index contributed by atoms with van der Waals surface area (Å²) in [7, 11) is 0. The lowest BCUT2D eigenvalue weighted by Crippen LogP contribution is -2.06. The summed E-state index contributed by atoms with van der Waals surface area (Å²) in [6.07, 6.45) is -4.39. The van der Waals surface area contributed by atoms with Crippen molar-refractivity contribution in [3.8, 4) is 11.3 Å². The number of halogens is 3. The van der Waals surface area contributed by atoms with Crippen molar-refractivity contribution >= 4 is 26.8 Å². The van der Waals surface area contributed by atoms with Crippen LogP contribution in [0.1, 0.15) is 5.56 Å². The quantitative estimate of drug-likeness (QED) is 0.711. The maximum Gasteiger partial charge on any atom is 0.417 e. The molecule has 0 fully saturated rings. The zero-order valence-corrected chi connectivity index (χ0v) is 10.3. The molecule has 1 aromatic carbocycles. The molecular formula is C12H8F3N3S. The van der Waals surface area contributed by atoms with Crippen molar-refractivity contribution in [1.82, 2.24) is 9.97 Å². The molecule has 0 saturated heterocycles. The van der Waals surface area contributed by atoms with Crippen molar-refractivity contribution in [2.24, 2.45) is 0 Å². The lowest BCUT2D eigenvalue weighted by atomic mass is 10.0. The molecule has 7 heteroatoms. The van der Waals surface area contributed by atoms with E-state index in [1.807, 2.05) is 0 Å². The van der Waals surface area contributed by atoms with E-state index in [0.29, 0.717) is 16.5 Å². The Morgan fingerprint density at radius 2 is 1.95 bits per heavy atom. The largest absolute Gasteiger partial charge is 0.417 e. The lowest BCUT2D eigenvalue weighted by Gasteiger charge is -2.11. The van der Waals surface area contributed by atoms with Crippen LogP contribution in [0.5, 0.6) is 0 Å². The van der Waals surface area contributed by atoms with Gasteiger partial charge in [-0.3, -0.25) is 0 Å². The van der Waals surface area contributed by atoms with Crippen molar-refractivity contribution in [2.45, 2.75) is 6.18 Å². The van der Waals surface area contributed by atoms with Crippen LogP contribution in [0.2, 0.25) is 0 Å². The summed E-state index contributed by atoms with van der Waals surface area (Å²) in [5, 5.41) is 0.386. The number of nitrogen functional groups attached to an aromatic ring is 1. The molecule has 0 saturated carbocycles. The first-order chi connectivity index (χ1) is 8.95. The number of benzene rings is 1. The standard InChI is InChI=1S/C12H8F3N3S/c13-12(14,15)7-4-2-1-3-6(7)8-5-9-10(17-8)18-11(16)19-9/h1-5,17H,(H2,16,18). The first-order valence-corrected chi connectivity index (χ1v) is 6.18. The molecule has 0 aliphatic carbocycles. The van der Waals surface area contributed by atoms with Gasteiger partial charge in [-0.25, -0.2) is 4.98 Å². The molecule has 3 rings (SSSR count). The predicted molar refractivity (Wildman–Crippen MR) is 68.8 cm³/mol. The van der Waals surface area contributed by atoms with Crippen LogP contribution in [0.15, 0.2) is 30.3 Å². The summed E-state index contributed by atoms with van der Waals surface area (Å²) < 4.78 is 39.5. The number of alkyl halides is 3. The number of hydrogen-bond acceptors (Lipinski definition) is 3. The summed E-state index contributed by atoms with van der Waals surface area (Å²) >= 11 is 1.24. The number of hydrogen-bond donors (Lipinski definition) is 2. The number of fused-ring (bicyclic) bond motifs is 1. The highest BCUT2D eigenvalue weighted by molar-refractivity contribution is 7.22. The van der Waals surface area contributed by atoms with Gasteiger partial charge in [0, 0.05) is 11.3 Å². The topological polar surface area (TPSA) is 54.7 Å². The van der Waals surface area contributed by atoms with Gasteiger partial charge in [0.15, 0.2) is 10.8 Å². The molecule has 0 unspecified atom stereocenters. The minimum absolute atomic E-state index is 0.110. The van der Waals surface area contributed by atoms with E-state index in [1.54, 1.807) is 12.1 Å². The highest BCUT2D eigenvalue weighted by atomic mass is 32.1. The van der Waals surface area contributed by atoms with Crippen LogP contribution < -0.4 is 5.73 Å². The molecule has 0 atom stereocenters. The molecule has 3 nitrogen and oxygen atoms in total. The highest BCUT2D eigenvalue weighted by Gasteiger charge is 2.33. The highest BCUT2D eigenvalue weighted by Crippen LogP contribution is 2.38. The van der Waals surface area contributed by atoms with Gasteiger partial charge in [0.1, 0.15) is 0 Å². The molecule has 0 aliphatic heterocycles. The minimum Gasteiger partial charge on any atom is -0.375 e. The Morgan fingerprint density at radius 3 is 2.63 bits per heavy atom. The smallest absolute Gasteiger partial charge is 0.375 e. The van der Waals surface area contributed by atoms with Crippen LogP contribution in [0.4, 0.5) is 18.3 Å². The molecule has 98 valence electrons. The second kappa shape index (κ2) is 3.99. The third-order valence-electron chi connectivity index (χ3n) is 2.72. The van der Waals surface area contributed by atoms with Gasteiger partial charge < -0.3 is 10.7 Å². The van der Waals surface area contributed by atoms with Crippen molar-refractivity contribution in [3.05, 3.63) is 35.9 Å². The molecule has 2 heterocycles. The number of aromatic amines is 1. The van der Waals surface area contributed by atoms with Crippen LogP contribution >= 0.6 is 11.3 Å². The second-order valence-electron chi connectivity index (χ2n) is 3.99. The fraction of sp³-hybridized carbons (Fsp3) is 0.0833. The maximum atomic E-state index is 12.9. The Balaban J connectivity index is 2.18. The third-order valence-corrected chi connectivity index (χ3v) is 3.55. The van der Waals surface area contributed by atoms with Crippen LogP contribution in [0.25, 0.3) is 21.6 Å². The first kappa shape index (κ1) is 12.0. The number of aromatic nitrogens is 2. The van der Waals surface area contributed by atoms with E-state index in [-0.39, 0.29) is 5.56 Å². The van der Waals surface area contributed by atoms with Crippen molar-refractivity contribution in [2.75, 3.05) is 5.73 Å². The molecule has 0 amide bonds. The number of thiazole rings is 1. The lowest BCUT2D eigenvalue weighted by molar-refractivity contribution is -0.137.